The fourth-order valence-electron chi connectivity index (χ4n) is 2.08. The van der Waals surface area contributed by atoms with Crippen LogP contribution in [-0.4, -0.2) is 36.3 Å². The molecule has 0 spiro atoms. The van der Waals surface area contributed by atoms with Crippen LogP contribution in [0.15, 0.2) is 9.59 Å². The molecule has 0 aliphatic carbocycles. The van der Waals surface area contributed by atoms with Gasteiger partial charge < -0.3 is 10.4 Å². The maximum Gasteiger partial charge on any atom is 0.332 e. The van der Waals surface area contributed by atoms with Gasteiger partial charge in [-0.05, 0) is 6.92 Å². The normalized spacial score (nSPS) is 10.9. The van der Waals surface area contributed by atoms with E-state index in [9.17, 15) is 14.4 Å². The number of imidazole rings is 1. The number of nitrogens with one attached hydrogen (secondary N) is 1. The summed E-state index contributed by atoms with van der Waals surface area (Å²) in [6, 6.07) is 0. The molecule has 0 amide bonds. The molecule has 2 aromatic rings. The third-order valence-corrected chi connectivity index (χ3v) is 3.05. The van der Waals surface area contributed by atoms with Crippen LogP contribution < -0.4 is 16.6 Å². The second-order valence-electron chi connectivity index (χ2n) is 4.30. The van der Waals surface area contributed by atoms with Gasteiger partial charge in [0.05, 0.1) is 0 Å². The molecule has 0 aromatic carbocycles. The molecule has 20 heavy (non-hydrogen) atoms. The van der Waals surface area contributed by atoms with Crippen molar-refractivity contribution in [3.05, 3.63) is 20.8 Å². The molecule has 108 valence electrons. The van der Waals surface area contributed by atoms with E-state index in [4.69, 9.17) is 5.11 Å². The van der Waals surface area contributed by atoms with Crippen LogP contribution in [0.4, 0.5) is 5.95 Å². The van der Waals surface area contributed by atoms with Crippen LogP contribution in [0.5, 0.6) is 0 Å². The van der Waals surface area contributed by atoms with E-state index in [1.165, 1.54) is 11.6 Å². The van der Waals surface area contributed by atoms with Crippen LogP contribution in [0.3, 0.4) is 0 Å². The van der Waals surface area contributed by atoms with Crippen molar-refractivity contribution in [2.24, 2.45) is 14.1 Å². The van der Waals surface area contributed by atoms with Crippen LogP contribution in [0, 0.1) is 0 Å². The quantitative estimate of drug-likeness (QED) is 0.739. The number of hydrogen-bond acceptors (Lipinski definition) is 5. The number of carboxylic acids is 1. The Labute approximate surface area is 113 Å². The lowest BCUT2D eigenvalue weighted by Gasteiger charge is -2.09. The van der Waals surface area contributed by atoms with Gasteiger partial charge in [0.1, 0.15) is 6.54 Å². The number of hydrogen-bond donors (Lipinski definition) is 2. The highest BCUT2D eigenvalue weighted by Crippen LogP contribution is 2.15. The lowest BCUT2D eigenvalue weighted by Crippen LogP contribution is -2.37. The van der Waals surface area contributed by atoms with E-state index in [2.05, 4.69) is 10.3 Å². The molecule has 9 heteroatoms. The summed E-state index contributed by atoms with van der Waals surface area (Å²) in [7, 11) is 2.92. The summed E-state index contributed by atoms with van der Waals surface area (Å²) in [4.78, 5) is 38.7. The molecule has 2 rings (SSSR count). The molecule has 2 aromatic heterocycles. The average molecular weight is 281 g/mol. The highest BCUT2D eigenvalue weighted by molar-refractivity contribution is 5.76. The van der Waals surface area contributed by atoms with Crippen LogP contribution >= 0.6 is 0 Å². The van der Waals surface area contributed by atoms with E-state index < -0.39 is 17.2 Å². The molecule has 0 bridgehead atoms. The summed E-state index contributed by atoms with van der Waals surface area (Å²) < 4.78 is 3.89. The Hall–Kier alpha value is -2.58. The molecule has 0 saturated carbocycles. The number of nitrogens with zero attached hydrogens (tertiary/aromatic N) is 4. The largest absolute Gasteiger partial charge is 0.480 e. The number of aliphatic carboxylic acids is 1. The maximum absolute atomic E-state index is 12.1. The second-order valence-corrected chi connectivity index (χ2v) is 4.30. The fourth-order valence-corrected chi connectivity index (χ4v) is 2.08. The number of carboxylic acid groups (broad SMARTS) is 1. The molecule has 0 fully saturated rings. The summed E-state index contributed by atoms with van der Waals surface area (Å²) in [6.45, 7) is 1.94. The predicted octanol–water partition coefficient (Wildman–Crippen LogP) is -1.05. The van der Waals surface area contributed by atoms with E-state index in [-0.39, 0.29) is 18.0 Å². The third-order valence-electron chi connectivity index (χ3n) is 3.05. The van der Waals surface area contributed by atoms with Crippen molar-refractivity contribution in [2.75, 3.05) is 11.9 Å². The van der Waals surface area contributed by atoms with Gasteiger partial charge >= 0.3 is 11.7 Å². The molecule has 0 saturated heterocycles. The van der Waals surface area contributed by atoms with E-state index in [0.29, 0.717) is 12.2 Å². The summed E-state index contributed by atoms with van der Waals surface area (Å²) in [5.74, 6) is -0.787. The first-order chi connectivity index (χ1) is 9.38. The van der Waals surface area contributed by atoms with Gasteiger partial charge in [0.25, 0.3) is 5.56 Å². The van der Waals surface area contributed by atoms with Crippen molar-refractivity contribution in [1.29, 1.82) is 0 Å². The van der Waals surface area contributed by atoms with Gasteiger partial charge in [0.15, 0.2) is 11.2 Å². The van der Waals surface area contributed by atoms with E-state index >= 15 is 0 Å². The summed E-state index contributed by atoms with van der Waals surface area (Å²) in [5.41, 5.74) is -0.464. The molecular weight excluding hydrogens is 266 g/mol. The topological polar surface area (TPSA) is 111 Å². The third kappa shape index (κ3) is 1.96. The monoisotopic (exact) mass is 281 g/mol. The summed E-state index contributed by atoms with van der Waals surface area (Å²) >= 11 is 0. The number of aryl methyl sites for hydroxylation is 2. The first-order valence-corrected chi connectivity index (χ1v) is 6.00. The van der Waals surface area contributed by atoms with Crippen LogP contribution in [-0.2, 0) is 25.4 Å². The minimum atomic E-state index is -1.04. The van der Waals surface area contributed by atoms with Gasteiger partial charge in [-0.15, -0.1) is 0 Å². The highest BCUT2D eigenvalue weighted by Gasteiger charge is 2.18. The fraction of sp³-hybridized carbons (Fsp3) is 0.455. The zero-order valence-corrected chi connectivity index (χ0v) is 11.4. The maximum atomic E-state index is 12.1. The predicted molar refractivity (Wildman–Crippen MR) is 72.0 cm³/mol. The van der Waals surface area contributed by atoms with Crippen molar-refractivity contribution in [3.8, 4) is 0 Å². The van der Waals surface area contributed by atoms with Gasteiger partial charge in [-0.3, -0.25) is 23.3 Å². The Morgan fingerprint density at radius 2 is 1.95 bits per heavy atom. The van der Waals surface area contributed by atoms with Crippen molar-refractivity contribution in [2.45, 2.75) is 13.5 Å². The minimum absolute atomic E-state index is 0.129. The molecule has 0 aliphatic heterocycles. The first-order valence-electron chi connectivity index (χ1n) is 6.00. The average Bonchev–Trinajstić information content (AvgIpc) is 2.79. The Morgan fingerprint density at radius 1 is 1.30 bits per heavy atom. The molecule has 0 unspecified atom stereocenters. The Kier molecular flexibility index (Phi) is 3.35. The molecule has 0 aliphatic rings. The number of fused-ring (bicyclic) bond motifs is 1. The lowest BCUT2D eigenvalue weighted by atomic mass is 10.5. The molecule has 2 N–H and O–H groups in total. The molecule has 2 heterocycles. The molecule has 9 nitrogen and oxygen atoms in total. The van der Waals surface area contributed by atoms with Crippen LogP contribution in [0.2, 0.25) is 0 Å². The van der Waals surface area contributed by atoms with Crippen molar-refractivity contribution < 1.29 is 9.90 Å². The molecule has 0 atom stereocenters. The van der Waals surface area contributed by atoms with Gasteiger partial charge in [-0.2, -0.15) is 0 Å². The van der Waals surface area contributed by atoms with E-state index in [0.717, 1.165) is 4.57 Å². The number of carbonyl (C=O) groups is 1. The van der Waals surface area contributed by atoms with E-state index in [1.54, 1.807) is 11.6 Å². The van der Waals surface area contributed by atoms with Gasteiger partial charge in [0.2, 0.25) is 5.95 Å². The minimum Gasteiger partial charge on any atom is -0.480 e. The van der Waals surface area contributed by atoms with Crippen molar-refractivity contribution in [1.82, 2.24) is 18.7 Å². The highest BCUT2D eigenvalue weighted by atomic mass is 16.4. The zero-order chi connectivity index (χ0) is 15.0. The number of anilines is 1. The molecule has 0 radical (unpaired) electrons. The smallest absolute Gasteiger partial charge is 0.332 e. The summed E-state index contributed by atoms with van der Waals surface area (Å²) in [6.07, 6.45) is 0. The molecular formula is C11H15N5O4. The van der Waals surface area contributed by atoms with E-state index in [1.807, 2.05) is 6.92 Å². The Bertz CT molecular complexity index is 798. The van der Waals surface area contributed by atoms with Crippen molar-refractivity contribution >= 4 is 23.1 Å². The lowest BCUT2D eigenvalue weighted by molar-refractivity contribution is -0.134. The van der Waals surface area contributed by atoms with Gasteiger partial charge in [0, 0.05) is 20.6 Å². The number of rotatable bonds is 4. The van der Waals surface area contributed by atoms with Crippen molar-refractivity contribution in [3.63, 3.8) is 0 Å². The Balaban J connectivity index is 2.78. The second kappa shape index (κ2) is 4.83. The summed E-state index contributed by atoms with van der Waals surface area (Å²) in [5, 5.41) is 11.3. The van der Waals surface area contributed by atoms with Crippen LogP contribution in [0.25, 0.3) is 11.2 Å². The standard InChI is InChI=1S/C11H15N5O4/c1-4-16-8-7(13-10(16)12-5-6(17)18)9(19)15(3)11(20)14(8)2/h4-5H2,1-3H3,(H,12,13)(H,17,18). The van der Waals surface area contributed by atoms with Gasteiger partial charge in [-0.1, -0.05) is 0 Å². The Morgan fingerprint density at radius 3 is 2.50 bits per heavy atom. The van der Waals surface area contributed by atoms with Crippen LogP contribution in [0.1, 0.15) is 6.92 Å². The van der Waals surface area contributed by atoms with Gasteiger partial charge in [-0.25, -0.2) is 9.78 Å². The SMILES string of the molecule is CCn1c(NCC(=O)O)nc2c(=O)n(C)c(=O)n(C)c21. The number of aromatic nitrogens is 4. The first kappa shape index (κ1) is 13.8. The zero-order valence-electron chi connectivity index (χ0n) is 11.4.